The Morgan fingerprint density at radius 2 is 2.19 bits per heavy atom. The summed E-state index contributed by atoms with van der Waals surface area (Å²) in [6.07, 6.45) is 0.146. The van der Waals surface area contributed by atoms with Crippen LogP contribution < -0.4 is 16.4 Å². The molecule has 0 aromatic carbocycles. The second-order valence-electron chi connectivity index (χ2n) is 3.08. The summed E-state index contributed by atoms with van der Waals surface area (Å²) in [6.45, 7) is 2.36. The van der Waals surface area contributed by atoms with Crippen LogP contribution in [0.5, 0.6) is 0 Å². The second kappa shape index (κ2) is 6.06. The third kappa shape index (κ3) is 4.26. The van der Waals surface area contributed by atoms with Crippen LogP contribution in [-0.2, 0) is 16.0 Å². The number of nitrogens with two attached hydrogens (primary N) is 1. The Morgan fingerprint density at radius 3 is 2.75 bits per heavy atom. The van der Waals surface area contributed by atoms with Crippen LogP contribution in [0.15, 0.2) is 5.38 Å². The number of amides is 2. The van der Waals surface area contributed by atoms with Gasteiger partial charge in [-0.3, -0.25) is 9.59 Å². The molecule has 4 N–H and O–H groups in total. The first-order valence-corrected chi connectivity index (χ1v) is 5.73. The average molecular weight is 242 g/mol. The number of nitrogens with one attached hydrogen (secondary N) is 2. The number of anilines is 1. The van der Waals surface area contributed by atoms with Crippen molar-refractivity contribution in [3.63, 3.8) is 0 Å². The molecule has 0 fully saturated rings. The van der Waals surface area contributed by atoms with Crippen molar-refractivity contribution >= 4 is 28.3 Å². The first-order valence-electron chi connectivity index (χ1n) is 4.85. The van der Waals surface area contributed by atoms with Gasteiger partial charge in [0.25, 0.3) is 0 Å². The maximum atomic E-state index is 11.4. The molecular weight excluding hydrogens is 228 g/mol. The summed E-state index contributed by atoms with van der Waals surface area (Å²) in [6, 6.07) is 0. The van der Waals surface area contributed by atoms with E-state index in [-0.39, 0.29) is 24.8 Å². The molecule has 0 bridgehead atoms. The Labute approximate surface area is 97.2 Å². The van der Waals surface area contributed by atoms with Crippen LogP contribution >= 0.6 is 11.3 Å². The van der Waals surface area contributed by atoms with Crippen LogP contribution in [0.25, 0.3) is 0 Å². The van der Waals surface area contributed by atoms with Gasteiger partial charge in [-0.15, -0.1) is 11.3 Å². The predicted octanol–water partition coefficient (Wildman–Crippen LogP) is -0.480. The van der Waals surface area contributed by atoms with Gasteiger partial charge in [-0.05, 0) is 6.92 Å². The van der Waals surface area contributed by atoms with Crippen molar-refractivity contribution in [2.45, 2.75) is 13.3 Å². The monoisotopic (exact) mass is 242 g/mol. The quantitative estimate of drug-likeness (QED) is 0.649. The molecule has 0 atom stereocenters. The Kier molecular flexibility index (Phi) is 4.71. The molecule has 0 aliphatic heterocycles. The van der Waals surface area contributed by atoms with E-state index in [4.69, 9.17) is 5.73 Å². The van der Waals surface area contributed by atoms with Crippen molar-refractivity contribution in [2.24, 2.45) is 0 Å². The number of likely N-dealkylation sites (N-methyl/N-ethyl adjacent to an activating group) is 1. The van der Waals surface area contributed by atoms with E-state index < -0.39 is 0 Å². The van der Waals surface area contributed by atoms with Gasteiger partial charge >= 0.3 is 0 Å². The van der Waals surface area contributed by atoms with E-state index in [1.54, 1.807) is 5.38 Å². The fourth-order valence-corrected chi connectivity index (χ4v) is 1.63. The topological polar surface area (TPSA) is 97.1 Å². The van der Waals surface area contributed by atoms with Crippen LogP contribution in [-0.4, -0.2) is 29.9 Å². The number of rotatable bonds is 5. The zero-order chi connectivity index (χ0) is 12.0. The molecule has 88 valence electrons. The number of aromatic nitrogens is 1. The zero-order valence-corrected chi connectivity index (χ0v) is 9.76. The summed E-state index contributed by atoms with van der Waals surface area (Å²) in [5.74, 6) is -0.440. The second-order valence-corrected chi connectivity index (χ2v) is 3.97. The maximum absolute atomic E-state index is 11.4. The molecule has 2 amide bonds. The van der Waals surface area contributed by atoms with E-state index in [1.807, 2.05) is 6.92 Å². The van der Waals surface area contributed by atoms with Crippen LogP contribution in [0.2, 0.25) is 0 Å². The smallest absolute Gasteiger partial charge is 0.239 e. The molecule has 1 aromatic heterocycles. The van der Waals surface area contributed by atoms with Gasteiger partial charge in [0, 0.05) is 11.9 Å². The van der Waals surface area contributed by atoms with E-state index in [0.29, 0.717) is 17.4 Å². The lowest BCUT2D eigenvalue weighted by atomic mass is 10.3. The molecule has 0 saturated carbocycles. The highest BCUT2D eigenvalue weighted by Gasteiger charge is 2.07. The van der Waals surface area contributed by atoms with Crippen LogP contribution in [0, 0.1) is 0 Å². The molecule has 1 aromatic rings. The molecule has 1 heterocycles. The van der Waals surface area contributed by atoms with Crippen molar-refractivity contribution in [3.05, 3.63) is 11.1 Å². The third-order valence-electron chi connectivity index (χ3n) is 1.73. The van der Waals surface area contributed by atoms with E-state index in [2.05, 4.69) is 15.6 Å². The molecule has 0 spiro atoms. The summed E-state index contributed by atoms with van der Waals surface area (Å²) in [7, 11) is 0. The minimum Gasteiger partial charge on any atom is -0.375 e. The number of nitrogen functional groups attached to an aromatic ring is 1. The molecule has 6 nitrogen and oxygen atoms in total. The standard InChI is InChI=1S/C9H14N4O2S/c1-2-11-8(15)4-12-7(14)3-6-5-16-9(10)13-6/h5H,2-4H2,1H3,(H2,10,13)(H,11,15)(H,12,14). The largest absolute Gasteiger partial charge is 0.375 e. The molecule has 7 heteroatoms. The van der Waals surface area contributed by atoms with Crippen molar-refractivity contribution < 1.29 is 9.59 Å². The lowest BCUT2D eigenvalue weighted by Crippen LogP contribution is -2.37. The molecule has 0 aliphatic carbocycles. The van der Waals surface area contributed by atoms with Gasteiger partial charge in [0.15, 0.2) is 5.13 Å². The number of carbonyl (C=O) groups is 2. The van der Waals surface area contributed by atoms with Gasteiger partial charge in [-0.25, -0.2) is 4.98 Å². The summed E-state index contributed by atoms with van der Waals surface area (Å²) in [5.41, 5.74) is 6.05. The normalized spacial score (nSPS) is 9.81. The number of thiazole rings is 1. The van der Waals surface area contributed by atoms with E-state index in [1.165, 1.54) is 11.3 Å². The molecule has 0 aliphatic rings. The summed E-state index contributed by atoms with van der Waals surface area (Å²) < 4.78 is 0. The van der Waals surface area contributed by atoms with Crippen molar-refractivity contribution in [3.8, 4) is 0 Å². The van der Waals surface area contributed by atoms with E-state index in [0.717, 1.165) is 0 Å². The fraction of sp³-hybridized carbons (Fsp3) is 0.444. The number of nitrogens with zero attached hydrogens (tertiary/aromatic N) is 1. The van der Waals surface area contributed by atoms with Gasteiger partial charge in [0.05, 0.1) is 18.7 Å². The van der Waals surface area contributed by atoms with Crippen LogP contribution in [0.3, 0.4) is 0 Å². The average Bonchev–Trinajstić information content (AvgIpc) is 2.61. The Balaban J connectivity index is 2.28. The minimum atomic E-state index is -0.239. The fourth-order valence-electron chi connectivity index (χ4n) is 1.07. The highest BCUT2D eigenvalue weighted by atomic mass is 32.1. The molecule has 1 rings (SSSR count). The summed E-state index contributed by atoms with van der Waals surface area (Å²) in [5, 5.41) is 7.24. The number of carbonyl (C=O) groups excluding carboxylic acids is 2. The molecule has 0 unspecified atom stereocenters. The predicted molar refractivity (Wildman–Crippen MR) is 61.9 cm³/mol. The summed E-state index contributed by atoms with van der Waals surface area (Å²) in [4.78, 5) is 26.4. The van der Waals surface area contributed by atoms with Crippen molar-refractivity contribution in [1.82, 2.24) is 15.6 Å². The van der Waals surface area contributed by atoms with Gasteiger partial charge in [0.2, 0.25) is 11.8 Å². The Hall–Kier alpha value is -1.63. The Morgan fingerprint density at radius 1 is 1.44 bits per heavy atom. The van der Waals surface area contributed by atoms with Gasteiger partial charge < -0.3 is 16.4 Å². The Bertz CT molecular complexity index is 377. The highest BCUT2D eigenvalue weighted by molar-refractivity contribution is 7.13. The van der Waals surface area contributed by atoms with Gasteiger partial charge in [-0.2, -0.15) is 0 Å². The lowest BCUT2D eigenvalue weighted by Gasteiger charge is -2.03. The number of hydrogen-bond donors (Lipinski definition) is 3. The van der Waals surface area contributed by atoms with Crippen LogP contribution in [0.1, 0.15) is 12.6 Å². The zero-order valence-electron chi connectivity index (χ0n) is 8.95. The van der Waals surface area contributed by atoms with E-state index in [9.17, 15) is 9.59 Å². The summed E-state index contributed by atoms with van der Waals surface area (Å²) >= 11 is 1.29. The molecule has 0 radical (unpaired) electrons. The van der Waals surface area contributed by atoms with Gasteiger partial charge in [0.1, 0.15) is 0 Å². The van der Waals surface area contributed by atoms with Crippen LogP contribution in [0.4, 0.5) is 5.13 Å². The molecule has 0 saturated heterocycles. The first kappa shape index (κ1) is 12.4. The minimum absolute atomic E-state index is 0.00765. The lowest BCUT2D eigenvalue weighted by molar-refractivity contribution is -0.125. The maximum Gasteiger partial charge on any atom is 0.239 e. The first-order chi connectivity index (χ1) is 7.61. The SMILES string of the molecule is CCNC(=O)CNC(=O)Cc1csc(N)n1. The van der Waals surface area contributed by atoms with E-state index >= 15 is 0 Å². The third-order valence-corrected chi connectivity index (χ3v) is 2.45. The molecular formula is C9H14N4O2S. The molecule has 16 heavy (non-hydrogen) atoms. The highest BCUT2D eigenvalue weighted by Crippen LogP contribution is 2.10. The number of hydrogen-bond acceptors (Lipinski definition) is 5. The van der Waals surface area contributed by atoms with Gasteiger partial charge in [-0.1, -0.05) is 0 Å². The van der Waals surface area contributed by atoms with Crippen molar-refractivity contribution in [1.29, 1.82) is 0 Å². The van der Waals surface area contributed by atoms with Crippen molar-refractivity contribution in [2.75, 3.05) is 18.8 Å².